The fourth-order valence-electron chi connectivity index (χ4n) is 0.553. The molecule has 1 aromatic rings. The van der Waals surface area contributed by atoms with E-state index < -0.39 is 0 Å². The highest BCUT2D eigenvalue weighted by Gasteiger charge is 1.86. The fraction of sp³-hybridized carbons (Fsp3) is 0. The molecule has 0 aliphatic carbocycles. The quantitative estimate of drug-likeness (QED) is 0.706. The van der Waals surface area contributed by atoms with Crippen molar-refractivity contribution in [3.63, 3.8) is 0 Å². The van der Waals surface area contributed by atoms with Crippen molar-refractivity contribution in [1.29, 1.82) is 0 Å². The molecule has 1 aromatic carbocycles. The lowest BCUT2D eigenvalue weighted by molar-refractivity contribution is 0.112. The third kappa shape index (κ3) is 2.19. The molecule has 0 aliphatic rings. The van der Waals surface area contributed by atoms with Gasteiger partial charge < -0.3 is 5.11 Å². The minimum atomic E-state index is 0. The predicted molar refractivity (Wildman–Crippen MR) is 43.8 cm³/mol. The molecular formula is C7H7BrO2. The van der Waals surface area contributed by atoms with Crippen LogP contribution in [0.25, 0.3) is 0 Å². The van der Waals surface area contributed by atoms with E-state index in [1.54, 1.807) is 12.1 Å². The number of phenols is 1. The standard InChI is InChI=1S/C7H6O2.BrH/c8-5-6-1-3-7(9)4-2-6;/h1-5,9H;1H. The highest BCUT2D eigenvalue weighted by atomic mass is 79.9. The van der Waals surface area contributed by atoms with Crippen LogP contribution in [0.4, 0.5) is 0 Å². The third-order valence-corrected chi connectivity index (χ3v) is 1.03. The van der Waals surface area contributed by atoms with E-state index in [2.05, 4.69) is 0 Å². The molecule has 54 valence electrons. The first kappa shape index (κ1) is 9.17. The Kier molecular flexibility index (Phi) is 3.72. The normalized spacial score (nSPS) is 8.00. The van der Waals surface area contributed by atoms with Crippen molar-refractivity contribution in [3.8, 4) is 5.75 Å². The molecule has 0 atom stereocenters. The van der Waals surface area contributed by atoms with Crippen LogP contribution >= 0.6 is 17.0 Å². The number of hydrogen-bond acceptors (Lipinski definition) is 2. The summed E-state index contributed by atoms with van der Waals surface area (Å²) in [5, 5.41) is 8.74. The molecule has 0 fully saturated rings. The average molecular weight is 203 g/mol. The van der Waals surface area contributed by atoms with Crippen molar-refractivity contribution < 1.29 is 9.90 Å². The second-order valence-corrected chi connectivity index (χ2v) is 1.71. The first-order valence-electron chi connectivity index (χ1n) is 2.57. The van der Waals surface area contributed by atoms with Crippen LogP contribution in [0.1, 0.15) is 10.4 Å². The summed E-state index contributed by atoms with van der Waals surface area (Å²) in [5.74, 6) is 0.181. The topological polar surface area (TPSA) is 37.3 Å². The second-order valence-electron chi connectivity index (χ2n) is 1.71. The SMILES string of the molecule is Br.O=Cc1ccc(O)cc1. The molecular weight excluding hydrogens is 196 g/mol. The van der Waals surface area contributed by atoms with E-state index in [1.165, 1.54) is 12.1 Å². The van der Waals surface area contributed by atoms with E-state index in [4.69, 9.17) is 5.11 Å². The summed E-state index contributed by atoms with van der Waals surface area (Å²) in [6.45, 7) is 0. The van der Waals surface area contributed by atoms with Gasteiger partial charge in [0.1, 0.15) is 12.0 Å². The van der Waals surface area contributed by atoms with Gasteiger partial charge in [0.15, 0.2) is 0 Å². The number of carbonyl (C=O) groups is 1. The number of halogens is 1. The number of aromatic hydroxyl groups is 1. The Bertz CT molecular complexity index is 205. The monoisotopic (exact) mass is 202 g/mol. The molecule has 0 aliphatic heterocycles. The van der Waals surface area contributed by atoms with Crippen molar-refractivity contribution in [3.05, 3.63) is 29.8 Å². The Balaban J connectivity index is 0.000000810. The first-order chi connectivity index (χ1) is 4.33. The molecule has 1 rings (SSSR count). The van der Waals surface area contributed by atoms with Gasteiger partial charge in [-0.1, -0.05) is 0 Å². The molecule has 0 radical (unpaired) electrons. The molecule has 2 nitrogen and oxygen atoms in total. The maximum Gasteiger partial charge on any atom is 0.150 e. The first-order valence-corrected chi connectivity index (χ1v) is 2.57. The molecule has 0 saturated carbocycles. The van der Waals surface area contributed by atoms with Crippen molar-refractivity contribution in [2.45, 2.75) is 0 Å². The van der Waals surface area contributed by atoms with Crippen LogP contribution in [0.2, 0.25) is 0 Å². The van der Waals surface area contributed by atoms with Crippen LogP contribution in [0.3, 0.4) is 0 Å². The molecule has 10 heavy (non-hydrogen) atoms. The lowest BCUT2D eigenvalue weighted by atomic mass is 10.2. The van der Waals surface area contributed by atoms with Crippen LogP contribution in [0.5, 0.6) is 5.75 Å². The summed E-state index contributed by atoms with van der Waals surface area (Å²) in [6, 6.07) is 6.07. The summed E-state index contributed by atoms with van der Waals surface area (Å²) in [6.07, 6.45) is 0.736. The maximum atomic E-state index is 10.0. The Labute approximate surface area is 69.3 Å². The van der Waals surface area contributed by atoms with Gasteiger partial charge in [0, 0.05) is 5.56 Å². The minimum Gasteiger partial charge on any atom is -0.508 e. The number of hydrogen-bond donors (Lipinski definition) is 1. The summed E-state index contributed by atoms with van der Waals surface area (Å²) < 4.78 is 0. The van der Waals surface area contributed by atoms with Crippen LogP contribution in [0.15, 0.2) is 24.3 Å². The van der Waals surface area contributed by atoms with Crippen molar-refractivity contribution in [1.82, 2.24) is 0 Å². The molecule has 0 unspecified atom stereocenters. The number of rotatable bonds is 1. The fourth-order valence-corrected chi connectivity index (χ4v) is 0.553. The zero-order chi connectivity index (χ0) is 6.69. The molecule has 0 aromatic heterocycles. The van der Waals surface area contributed by atoms with Crippen molar-refractivity contribution in [2.24, 2.45) is 0 Å². The van der Waals surface area contributed by atoms with Gasteiger partial charge in [-0.15, -0.1) is 17.0 Å². The van der Waals surface area contributed by atoms with E-state index in [0.29, 0.717) is 5.56 Å². The molecule has 0 spiro atoms. The Morgan fingerprint density at radius 3 is 2.10 bits per heavy atom. The van der Waals surface area contributed by atoms with Crippen LogP contribution < -0.4 is 0 Å². The lowest BCUT2D eigenvalue weighted by Crippen LogP contribution is -1.74. The van der Waals surface area contributed by atoms with Crippen LogP contribution in [-0.4, -0.2) is 11.4 Å². The van der Waals surface area contributed by atoms with Crippen molar-refractivity contribution >= 4 is 23.3 Å². The summed E-state index contributed by atoms with van der Waals surface area (Å²) in [7, 11) is 0. The Morgan fingerprint density at radius 2 is 1.70 bits per heavy atom. The Hall–Kier alpha value is -0.830. The second kappa shape index (κ2) is 4.06. The Morgan fingerprint density at radius 1 is 1.20 bits per heavy atom. The summed E-state index contributed by atoms with van der Waals surface area (Å²) >= 11 is 0. The van der Waals surface area contributed by atoms with Gasteiger partial charge in [0.05, 0.1) is 0 Å². The predicted octanol–water partition coefficient (Wildman–Crippen LogP) is 1.78. The van der Waals surface area contributed by atoms with Gasteiger partial charge in [-0.25, -0.2) is 0 Å². The van der Waals surface area contributed by atoms with Crippen LogP contribution in [0, 0.1) is 0 Å². The highest BCUT2D eigenvalue weighted by molar-refractivity contribution is 8.93. The third-order valence-electron chi connectivity index (χ3n) is 1.03. The van der Waals surface area contributed by atoms with E-state index in [9.17, 15) is 4.79 Å². The van der Waals surface area contributed by atoms with E-state index in [-0.39, 0.29) is 22.7 Å². The largest absolute Gasteiger partial charge is 0.508 e. The molecule has 0 heterocycles. The van der Waals surface area contributed by atoms with E-state index >= 15 is 0 Å². The number of carbonyl (C=O) groups excluding carboxylic acids is 1. The minimum absolute atomic E-state index is 0. The molecule has 0 bridgehead atoms. The lowest BCUT2D eigenvalue weighted by Gasteiger charge is -1.88. The van der Waals surface area contributed by atoms with E-state index in [1.807, 2.05) is 0 Å². The van der Waals surface area contributed by atoms with E-state index in [0.717, 1.165) is 6.29 Å². The molecule has 0 saturated heterocycles. The van der Waals surface area contributed by atoms with Gasteiger partial charge in [-0.3, -0.25) is 4.79 Å². The van der Waals surface area contributed by atoms with Gasteiger partial charge in [-0.05, 0) is 24.3 Å². The smallest absolute Gasteiger partial charge is 0.150 e. The number of phenolic OH excluding ortho intramolecular Hbond substituents is 1. The highest BCUT2D eigenvalue weighted by Crippen LogP contribution is 2.07. The van der Waals surface area contributed by atoms with Gasteiger partial charge in [0.2, 0.25) is 0 Å². The number of benzene rings is 1. The van der Waals surface area contributed by atoms with Crippen LogP contribution in [-0.2, 0) is 0 Å². The zero-order valence-corrected chi connectivity index (χ0v) is 6.86. The van der Waals surface area contributed by atoms with Gasteiger partial charge in [0.25, 0.3) is 0 Å². The maximum absolute atomic E-state index is 10.0. The zero-order valence-electron chi connectivity index (χ0n) is 5.15. The van der Waals surface area contributed by atoms with Gasteiger partial charge >= 0.3 is 0 Å². The summed E-state index contributed by atoms with van der Waals surface area (Å²) in [4.78, 5) is 10.0. The van der Waals surface area contributed by atoms with Gasteiger partial charge in [-0.2, -0.15) is 0 Å². The van der Waals surface area contributed by atoms with Crippen molar-refractivity contribution in [2.75, 3.05) is 0 Å². The summed E-state index contributed by atoms with van der Waals surface area (Å²) in [5.41, 5.74) is 0.577. The average Bonchev–Trinajstić information content (AvgIpc) is 1.90. The molecule has 0 amide bonds. The molecule has 3 heteroatoms. The molecule has 1 N–H and O–H groups in total. The number of aldehydes is 1.